The number of Topliss-reactive ketones (excluding diaryl/α,β-unsaturated/α-hetero) is 1. The number of ketones is 1. The van der Waals surface area contributed by atoms with Gasteiger partial charge in [-0.3, -0.25) is 4.79 Å². The summed E-state index contributed by atoms with van der Waals surface area (Å²) in [6, 6.07) is 0. The number of ether oxygens (including phenoxy) is 1. The van der Waals surface area contributed by atoms with Crippen molar-refractivity contribution in [2.75, 3.05) is 19.8 Å². The molecule has 2 fully saturated rings. The Balaban J connectivity index is 1.59. The monoisotopic (exact) mass is 370 g/mol. The first kappa shape index (κ1) is 18.8. The third kappa shape index (κ3) is 3.15. The van der Waals surface area contributed by atoms with E-state index in [1.165, 1.54) is 5.57 Å². The molecule has 0 aromatic heterocycles. The molecule has 2 N–H and O–H groups in total. The summed E-state index contributed by atoms with van der Waals surface area (Å²) in [6.45, 7) is 2.53. The van der Waals surface area contributed by atoms with Gasteiger partial charge in [0.25, 0.3) is 0 Å². The van der Waals surface area contributed by atoms with Crippen LogP contribution in [0.5, 0.6) is 0 Å². The topological polar surface area (TPSA) is 66.8 Å². The molecule has 0 heterocycles. The molecule has 4 rings (SSSR count). The Kier molecular flexibility index (Phi) is 5.18. The maximum Gasteiger partial charge on any atom is 0.137 e. The molecule has 146 valence electrons. The van der Waals surface area contributed by atoms with Gasteiger partial charge < -0.3 is 14.9 Å². The van der Waals surface area contributed by atoms with Crippen LogP contribution in [0.2, 0.25) is 0 Å². The molecule has 4 nitrogen and oxygen atoms in total. The lowest BCUT2D eigenvalue weighted by Gasteiger charge is -2.51. The third-order valence-electron chi connectivity index (χ3n) is 7.57. The summed E-state index contributed by atoms with van der Waals surface area (Å²) >= 11 is 0. The fourth-order valence-corrected chi connectivity index (χ4v) is 6.43. The van der Waals surface area contributed by atoms with Crippen LogP contribution in [0.15, 0.2) is 23.5 Å². The number of rotatable bonds is 3. The van der Waals surface area contributed by atoms with Gasteiger partial charge in [-0.15, -0.1) is 0 Å². The Morgan fingerprint density at radius 1 is 1.30 bits per heavy atom. The molecule has 27 heavy (non-hydrogen) atoms. The second-order valence-electron chi connectivity index (χ2n) is 8.82. The highest BCUT2D eigenvalue weighted by atomic mass is 16.5. The van der Waals surface area contributed by atoms with Gasteiger partial charge in [0, 0.05) is 24.7 Å². The average Bonchev–Trinajstić information content (AvgIpc) is 2.99. The Bertz CT molecular complexity index is 724. The van der Waals surface area contributed by atoms with Crippen LogP contribution in [0, 0.1) is 46.8 Å². The fourth-order valence-electron chi connectivity index (χ4n) is 6.43. The lowest BCUT2D eigenvalue weighted by molar-refractivity contribution is -0.138. The first-order valence-electron chi connectivity index (χ1n) is 10.3. The molecule has 4 aliphatic rings. The summed E-state index contributed by atoms with van der Waals surface area (Å²) in [5, 5.41) is 18.0. The van der Waals surface area contributed by atoms with E-state index in [4.69, 9.17) is 14.9 Å². The predicted molar refractivity (Wildman–Crippen MR) is 102 cm³/mol. The normalized spacial score (nSPS) is 40.0. The van der Waals surface area contributed by atoms with Crippen LogP contribution in [0.25, 0.3) is 0 Å². The third-order valence-corrected chi connectivity index (χ3v) is 7.57. The summed E-state index contributed by atoms with van der Waals surface area (Å²) in [7, 11) is 0. The van der Waals surface area contributed by atoms with Crippen molar-refractivity contribution in [1.82, 2.24) is 0 Å². The molecular weight excluding hydrogens is 340 g/mol. The zero-order chi connectivity index (χ0) is 19.0. The predicted octanol–water partition coefficient (Wildman–Crippen LogP) is 2.85. The summed E-state index contributed by atoms with van der Waals surface area (Å²) in [5.41, 5.74) is 1.23. The maximum absolute atomic E-state index is 13.3. The van der Waals surface area contributed by atoms with Crippen molar-refractivity contribution < 1.29 is 19.7 Å². The Labute approximate surface area is 161 Å². The van der Waals surface area contributed by atoms with E-state index >= 15 is 0 Å². The molecule has 0 amide bonds. The molecule has 4 heteroatoms. The minimum atomic E-state index is -0.0988. The van der Waals surface area contributed by atoms with E-state index in [1.54, 1.807) is 0 Å². The van der Waals surface area contributed by atoms with Crippen LogP contribution in [-0.4, -0.2) is 35.8 Å². The summed E-state index contributed by atoms with van der Waals surface area (Å²) in [6.07, 6.45) is 10.1. The van der Waals surface area contributed by atoms with Crippen LogP contribution >= 0.6 is 0 Å². The van der Waals surface area contributed by atoms with E-state index < -0.39 is 0 Å². The number of aliphatic hydroxyl groups is 2. The lowest BCUT2D eigenvalue weighted by Crippen LogP contribution is -2.50. The largest absolute Gasteiger partial charge is 0.496 e. The summed E-state index contributed by atoms with van der Waals surface area (Å²) in [4.78, 5) is 13.3. The van der Waals surface area contributed by atoms with Crippen LogP contribution in [-0.2, 0) is 9.53 Å². The number of carbonyl (C=O) groups is 1. The van der Waals surface area contributed by atoms with Crippen molar-refractivity contribution in [2.24, 2.45) is 35.0 Å². The van der Waals surface area contributed by atoms with Crippen molar-refractivity contribution in [3.05, 3.63) is 23.5 Å². The van der Waals surface area contributed by atoms with Gasteiger partial charge in [0.15, 0.2) is 0 Å². The minimum absolute atomic E-state index is 0.0314. The molecule has 0 radical (unpaired) electrons. The molecule has 0 bridgehead atoms. The number of allylic oxidation sites excluding steroid dienone is 4. The lowest BCUT2D eigenvalue weighted by atomic mass is 9.52. The van der Waals surface area contributed by atoms with E-state index in [-0.39, 0.29) is 30.5 Å². The second-order valence-corrected chi connectivity index (χ2v) is 8.82. The highest BCUT2D eigenvalue weighted by Crippen LogP contribution is 2.61. The zero-order valence-electron chi connectivity index (χ0n) is 16.1. The van der Waals surface area contributed by atoms with Gasteiger partial charge in [-0.2, -0.15) is 0 Å². The van der Waals surface area contributed by atoms with Crippen LogP contribution in [0.4, 0.5) is 0 Å². The van der Waals surface area contributed by atoms with E-state index in [9.17, 15) is 4.79 Å². The van der Waals surface area contributed by atoms with Crippen LogP contribution in [0.1, 0.15) is 45.4 Å². The quantitative estimate of drug-likeness (QED) is 0.750. The van der Waals surface area contributed by atoms with Crippen molar-refractivity contribution in [1.29, 1.82) is 0 Å². The highest BCUT2D eigenvalue weighted by molar-refractivity contribution is 5.84. The standard InChI is InChI=1S/C23H30O4/c1-23-14-21(26)22-18-8-6-17(27-12-11-25)13-15(18)4-7-19(22)20(23)9-5-16(23)3-2-10-24/h4,13,16,18-20,22,24-25H,5-12,14H2,1H3/t16-,18+,19+,20+,22-,23-/m1/s1. The minimum Gasteiger partial charge on any atom is -0.496 e. The molecule has 0 aromatic carbocycles. The van der Waals surface area contributed by atoms with E-state index in [0.717, 1.165) is 37.9 Å². The number of hydrogen-bond donors (Lipinski definition) is 2. The van der Waals surface area contributed by atoms with Crippen LogP contribution < -0.4 is 0 Å². The fraction of sp³-hybridized carbons (Fsp3) is 0.696. The van der Waals surface area contributed by atoms with Crippen molar-refractivity contribution in [3.8, 4) is 11.8 Å². The molecule has 0 saturated heterocycles. The van der Waals surface area contributed by atoms with Crippen LogP contribution in [0.3, 0.4) is 0 Å². The van der Waals surface area contributed by atoms with E-state index in [1.807, 2.05) is 0 Å². The number of hydrogen-bond acceptors (Lipinski definition) is 4. The maximum atomic E-state index is 13.3. The number of carbonyl (C=O) groups excluding carboxylic acids is 1. The number of aliphatic hydroxyl groups excluding tert-OH is 2. The molecule has 2 saturated carbocycles. The van der Waals surface area contributed by atoms with E-state index in [0.29, 0.717) is 36.6 Å². The molecule has 6 atom stereocenters. The van der Waals surface area contributed by atoms with Gasteiger partial charge >= 0.3 is 0 Å². The highest BCUT2D eigenvalue weighted by Gasteiger charge is 2.58. The molecular formula is C23H30O4. The molecule has 0 aromatic rings. The van der Waals surface area contributed by atoms with Crippen molar-refractivity contribution >= 4 is 5.78 Å². The van der Waals surface area contributed by atoms with Gasteiger partial charge in [0.1, 0.15) is 19.0 Å². The Morgan fingerprint density at radius 2 is 2.15 bits per heavy atom. The first-order valence-corrected chi connectivity index (χ1v) is 10.3. The molecule has 0 spiro atoms. The van der Waals surface area contributed by atoms with E-state index in [2.05, 4.69) is 30.9 Å². The van der Waals surface area contributed by atoms with Gasteiger partial charge in [-0.1, -0.05) is 24.8 Å². The Hall–Kier alpha value is -1.57. The molecule has 4 aliphatic carbocycles. The van der Waals surface area contributed by atoms with Gasteiger partial charge in [0.2, 0.25) is 0 Å². The number of fused-ring (bicyclic) bond motifs is 5. The summed E-state index contributed by atoms with van der Waals surface area (Å²) < 4.78 is 5.63. The smallest absolute Gasteiger partial charge is 0.137 e. The first-order chi connectivity index (χ1) is 13.1. The van der Waals surface area contributed by atoms with Gasteiger partial charge in [-0.25, -0.2) is 0 Å². The SMILES string of the molecule is C[C@]12CC(=O)[C@H]3[C@@H](CC=C4C=C(OCCO)CC[C@@H]43)[C@@H]1CC[C@H]2C#CCO. The Morgan fingerprint density at radius 3 is 2.93 bits per heavy atom. The van der Waals surface area contributed by atoms with Crippen molar-refractivity contribution in [2.45, 2.75) is 45.4 Å². The zero-order valence-corrected chi connectivity index (χ0v) is 16.1. The molecule has 0 unspecified atom stereocenters. The molecule has 0 aliphatic heterocycles. The summed E-state index contributed by atoms with van der Waals surface area (Å²) in [5.74, 6) is 9.13. The van der Waals surface area contributed by atoms with Gasteiger partial charge in [-0.05, 0) is 60.5 Å². The second kappa shape index (κ2) is 7.45. The average molecular weight is 370 g/mol. The van der Waals surface area contributed by atoms with Gasteiger partial charge in [0.05, 0.1) is 12.4 Å². The van der Waals surface area contributed by atoms with Crippen molar-refractivity contribution in [3.63, 3.8) is 0 Å².